The average molecular weight is 192 g/mol. The average Bonchev–Trinajstić information content (AvgIpc) is 2.46. The van der Waals surface area contributed by atoms with Gasteiger partial charge in [-0.2, -0.15) is 0 Å². The third-order valence-corrected chi connectivity index (χ3v) is 2.34. The maximum atomic E-state index is 4.28. The second kappa shape index (κ2) is 3.07. The van der Waals surface area contributed by atoms with E-state index in [2.05, 4.69) is 42.5 Å². The number of H-pyrrole nitrogens is 1. The summed E-state index contributed by atoms with van der Waals surface area (Å²) in [5.41, 5.74) is 3.30. The van der Waals surface area contributed by atoms with Gasteiger partial charge in [0.15, 0.2) is 0 Å². The van der Waals surface area contributed by atoms with Gasteiger partial charge in [0.25, 0.3) is 0 Å². The highest BCUT2D eigenvalue weighted by Crippen LogP contribution is 2.20. The fourth-order valence-corrected chi connectivity index (χ4v) is 1.52. The number of thiol groups is 1. The maximum Gasteiger partial charge on any atom is 0.0882 e. The van der Waals surface area contributed by atoms with Gasteiger partial charge in [-0.1, -0.05) is 13.8 Å². The minimum atomic E-state index is 0.512. The minimum absolute atomic E-state index is 0.512. The Labute approximate surface area is 82.8 Å². The van der Waals surface area contributed by atoms with Crippen LogP contribution in [-0.4, -0.2) is 9.97 Å². The number of aromatic amines is 1. The molecule has 0 saturated carbocycles. The van der Waals surface area contributed by atoms with Gasteiger partial charge in [-0.25, -0.2) is 0 Å². The molecule has 2 nitrogen and oxygen atoms in total. The van der Waals surface area contributed by atoms with Gasteiger partial charge in [0.05, 0.1) is 11.0 Å². The fourth-order valence-electron chi connectivity index (χ4n) is 1.33. The minimum Gasteiger partial charge on any atom is -0.357 e. The van der Waals surface area contributed by atoms with Crippen LogP contribution in [-0.2, 0) is 0 Å². The number of aromatic nitrogens is 2. The van der Waals surface area contributed by atoms with E-state index in [0.717, 1.165) is 15.9 Å². The van der Waals surface area contributed by atoms with E-state index in [1.807, 2.05) is 6.07 Å². The van der Waals surface area contributed by atoms with Crippen LogP contribution >= 0.6 is 12.6 Å². The van der Waals surface area contributed by atoms with Gasteiger partial charge in [-0.15, -0.1) is 12.6 Å². The van der Waals surface area contributed by atoms with Crippen LogP contribution in [0.25, 0.3) is 11.0 Å². The van der Waals surface area contributed by atoms with Crippen LogP contribution in [0.2, 0.25) is 0 Å². The van der Waals surface area contributed by atoms with Crippen LogP contribution in [0.1, 0.15) is 25.5 Å². The lowest BCUT2D eigenvalue weighted by molar-refractivity contribution is 0.836. The Hall–Kier alpha value is -0.960. The summed E-state index contributed by atoms with van der Waals surface area (Å²) in [4.78, 5) is 8.49. The highest BCUT2D eigenvalue weighted by atomic mass is 32.1. The van der Waals surface area contributed by atoms with Crippen molar-refractivity contribution in [1.29, 1.82) is 0 Å². The van der Waals surface area contributed by atoms with Gasteiger partial charge in [0.2, 0.25) is 0 Å². The zero-order valence-corrected chi connectivity index (χ0v) is 8.60. The molecule has 0 spiro atoms. The van der Waals surface area contributed by atoms with Gasteiger partial charge in [-0.05, 0) is 18.1 Å². The Morgan fingerprint density at radius 2 is 2.15 bits per heavy atom. The van der Waals surface area contributed by atoms with Crippen molar-refractivity contribution in [1.82, 2.24) is 9.97 Å². The molecular formula is C10H12N2S. The Morgan fingerprint density at radius 1 is 1.38 bits per heavy atom. The predicted molar refractivity (Wildman–Crippen MR) is 57.4 cm³/mol. The molecule has 0 aliphatic rings. The summed E-state index contributed by atoms with van der Waals surface area (Å²) in [6.07, 6.45) is 1.77. The Kier molecular flexibility index (Phi) is 2.04. The van der Waals surface area contributed by atoms with E-state index in [1.54, 1.807) is 6.20 Å². The first-order valence-corrected chi connectivity index (χ1v) is 4.79. The van der Waals surface area contributed by atoms with Crippen molar-refractivity contribution >= 4 is 23.7 Å². The summed E-state index contributed by atoms with van der Waals surface area (Å²) < 4.78 is 0. The van der Waals surface area contributed by atoms with Gasteiger partial charge in [-0.3, -0.25) is 4.98 Å². The molecule has 0 aromatic carbocycles. The second-order valence-corrected chi connectivity index (χ2v) is 4.02. The molecule has 0 atom stereocenters. The summed E-state index contributed by atoms with van der Waals surface area (Å²) in [6.45, 7) is 4.32. The lowest BCUT2D eigenvalue weighted by Crippen LogP contribution is -1.84. The van der Waals surface area contributed by atoms with E-state index in [1.165, 1.54) is 5.69 Å². The van der Waals surface area contributed by atoms with Crippen molar-refractivity contribution in [2.75, 3.05) is 0 Å². The molecule has 0 aliphatic heterocycles. The maximum absolute atomic E-state index is 4.28. The van der Waals surface area contributed by atoms with Crippen molar-refractivity contribution < 1.29 is 0 Å². The van der Waals surface area contributed by atoms with E-state index < -0.39 is 0 Å². The third kappa shape index (κ3) is 1.56. The molecule has 2 heterocycles. The van der Waals surface area contributed by atoms with Crippen LogP contribution in [0.3, 0.4) is 0 Å². The van der Waals surface area contributed by atoms with E-state index in [-0.39, 0.29) is 0 Å². The lowest BCUT2D eigenvalue weighted by Gasteiger charge is -1.97. The molecule has 0 amide bonds. The van der Waals surface area contributed by atoms with Crippen LogP contribution in [0.4, 0.5) is 0 Å². The lowest BCUT2D eigenvalue weighted by atomic mass is 10.1. The number of fused-ring (bicyclic) bond motifs is 1. The molecule has 2 aromatic heterocycles. The van der Waals surface area contributed by atoms with Crippen molar-refractivity contribution in [3.05, 3.63) is 24.0 Å². The van der Waals surface area contributed by atoms with Crippen molar-refractivity contribution in [2.24, 2.45) is 0 Å². The van der Waals surface area contributed by atoms with Crippen LogP contribution in [0, 0.1) is 0 Å². The molecule has 2 aromatic rings. The number of rotatable bonds is 1. The number of hydrogen-bond donors (Lipinski definition) is 2. The number of nitrogens with one attached hydrogen (secondary N) is 1. The molecule has 0 aliphatic carbocycles. The molecule has 0 saturated heterocycles. The molecule has 0 radical (unpaired) electrons. The zero-order valence-electron chi connectivity index (χ0n) is 7.70. The topological polar surface area (TPSA) is 28.7 Å². The quantitative estimate of drug-likeness (QED) is 0.668. The summed E-state index contributed by atoms with van der Waals surface area (Å²) in [5, 5.41) is 0. The number of hydrogen-bond acceptors (Lipinski definition) is 2. The van der Waals surface area contributed by atoms with Crippen molar-refractivity contribution in [3.8, 4) is 0 Å². The Balaban J connectivity index is 2.62. The largest absolute Gasteiger partial charge is 0.357 e. The smallest absolute Gasteiger partial charge is 0.0882 e. The van der Waals surface area contributed by atoms with Crippen LogP contribution in [0.5, 0.6) is 0 Å². The standard InChI is InChI=1S/C10H12N2S/c1-6(2)8-4-9-10(12-8)3-7(13)5-11-9/h3-6,12-13H,1-2H3. The molecule has 2 rings (SSSR count). The number of nitrogens with zero attached hydrogens (tertiary/aromatic N) is 1. The van der Waals surface area contributed by atoms with Gasteiger partial charge >= 0.3 is 0 Å². The first kappa shape index (κ1) is 8.63. The summed E-state index contributed by atoms with van der Waals surface area (Å²) in [6, 6.07) is 4.09. The highest BCUT2D eigenvalue weighted by Gasteiger charge is 2.04. The first-order valence-electron chi connectivity index (χ1n) is 4.34. The molecular weight excluding hydrogens is 180 g/mol. The Bertz CT molecular complexity index is 431. The highest BCUT2D eigenvalue weighted by molar-refractivity contribution is 7.80. The Morgan fingerprint density at radius 3 is 2.85 bits per heavy atom. The second-order valence-electron chi connectivity index (χ2n) is 3.51. The van der Waals surface area contributed by atoms with Crippen molar-refractivity contribution in [3.63, 3.8) is 0 Å². The molecule has 68 valence electrons. The fraction of sp³-hybridized carbons (Fsp3) is 0.300. The van der Waals surface area contributed by atoms with Crippen molar-refractivity contribution in [2.45, 2.75) is 24.7 Å². The molecule has 0 bridgehead atoms. The van der Waals surface area contributed by atoms with Crippen LogP contribution < -0.4 is 0 Å². The monoisotopic (exact) mass is 192 g/mol. The predicted octanol–water partition coefficient (Wildman–Crippen LogP) is 2.98. The zero-order chi connectivity index (χ0) is 9.42. The number of pyridine rings is 1. The van der Waals surface area contributed by atoms with E-state index in [0.29, 0.717) is 5.92 Å². The third-order valence-electron chi connectivity index (χ3n) is 2.10. The van der Waals surface area contributed by atoms with Gasteiger partial charge in [0, 0.05) is 16.8 Å². The van der Waals surface area contributed by atoms with E-state index in [9.17, 15) is 0 Å². The van der Waals surface area contributed by atoms with E-state index in [4.69, 9.17) is 0 Å². The summed E-state index contributed by atoms with van der Waals surface area (Å²) >= 11 is 4.24. The molecule has 13 heavy (non-hydrogen) atoms. The summed E-state index contributed by atoms with van der Waals surface area (Å²) in [5.74, 6) is 0.512. The SMILES string of the molecule is CC(C)c1cc2ncc(S)cc2[nH]1. The van der Waals surface area contributed by atoms with E-state index >= 15 is 0 Å². The first-order chi connectivity index (χ1) is 6.16. The van der Waals surface area contributed by atoms with Crippen LogP contribution in [0.15, 0.2) is 23.2 Å². The normalized spacial score (nSPS) is 11.4. The van der Waals surface area contributed by atoms with Gasteiger partial charge < -0.3 is 4.98 Å². The molecule has 3 heteroatoms. The van der Waals surface area contributed by atoms with Gasteiger partial charge in [0.1, 0.15) is 0 Å². The molecule has 0 fully saturated rings. The summed E-state index contributed by atoms with van der Waals surface area (Å²) in [7, 11) is 0. The molecule has 1 N–H and O–H groups in total. The molecule has 0 unspecified atom stereocenters.